The Balaban J connectivity index is 2.15. The van der Waals surface area contributed by atoms with Crippen molar-refractivity contribution in [3.63, 3.8) is 0 Å². The highest BCUT2D eigenvalue weighted by molar-refractivity contribution is 7.99. The molecular weight excluding hydrogens is 304 g/mol. The van der Waals surface area contributed by atoms with Gasteiger partial charge in [0.05, 0.1) is 16.3 Å². The first kappa shape index (κ1) is 14.9. The van der Waals surface area contributed by atoms with Gasteiger partial charge in [-0.25, -0.2) is 0 Å². The molecule has 1 aliphatic rings. The predicted octanol–water partition coefficient (Wildman–Crippen LogP) is 1.78. The zero-order chi connectivity index (χ0) is 16.0. The summed E-state index contributed by atoms with van der Waals surface area (Å²) in [7, 11) is 0. The summed E-state index contributed by atoms with van der Waals surface area (Å²) in [5.41, 5.74) is 8.31. The maximum Gasteiger partial charge on any atom is 0.321 e. The van der Waals surface area contributed by atoms with Gasteiger partial charge in [0.1, 0.15) is 11.6 Å². The number of anilines is 1. The van der Waals surface area contributed by atoms with Crippen LogP contribution in [-0.4, -0.2) is 22.9 Å². The number of hydrogen-bond donors (Lipinski definition) is 3. The third-order valence-corrected chi connectivity index (χ3v) is 4.96. The Kier molecular flexibility index (Phi) is 3.62. The number of nitrogens with two attached hydrogens (primary N) is 1. The summed E-state index contributed by atoms with van der Waals surface area (Å²) < 4.78 is 5.64. The lowest BCUT2D eigenvalue weighted by Gasteiger charge is -2.14. The van der Waals surface area contributed by atoms with Gasteiger partial charge in [-0.05, 0) is 31.0 Å². The molecule has 0 spiro atoms. The number of nitrogen functional groups attached to an aromatic ring is 1. The van der Waals surface area contributed by atoms with E-state index in [0.717, 1.165) is 11.1 Å². The van der Waals surface area contributed by atoms with Crippen LogP contribution in [-0.2, 0) is 4.79 Å². The van der Waals surface area contributed by atoms with Gasteiger partial charge >= 0.3 is 5.97 Å². The first-order chi connectivity index (χ1) is 10.4. The smallest absolute Gasteiger partial charge is 0.321 e. The standard InChI is InChI=1S/C15H16N2O4S/c1-6-3-7(2)12-8(4-6)11(18)10(13(16)21-12)14-17-9(5-22-14)15(19)20/h3-4,9,14,17H,5,16H2,1-2H3,(H,19,20). The zero-order valence-electron chi connectivity index (χ0n) is 12.2. The predicted molar refractivity (Wildman–Crippen MR) is 86.1 cm³/mol. The number of carbonyl (C=O) groups is 1. The molecule has 3 rings (SSSR count). The van der Waals surface area contributed by atoms with E-state index in [9.17, 15) is 9.59 Å². The van der Waals surface area contributed by atoms with Gasteiger partial charge in [-0.2, -0.15) is 0 Å². The summed E-state index contributed by atoms with van der Waals surface area (Å²) in [6, 6.07) is 3.00. The highest BCUT2D eigenvalue weighted by atomic mass is 32.2. The van der Waals surface area contributed by atoms with Crippen LogP contribution in [0.1, 0.15) is 22.1 Å². The van der Waals surface area contributed by atoms with Crippen LogP contribution in [0.3, 0.4) is 0 Å². The molecule has 2 heterocycles. The van der Waals surface area contributed by atoms with Crippen molar-refractivity contribution in [3.8, 4) is 0 Å². The number of fused-ring (bicyclic) bond motifs is 1. The average molecular weight is 320 g/mol. The Morgan fingerprint density at radius 1 is 1.45 bits per heavy atom. The Morgan fingerprint density at radius 3 is 2.82 bits per heavy atom. The minimum absolute atomic E-state index is 0.0421. The van der Waals surface area contributed by atoms with E-state index in [1.807, 2.05) is 19.9 Å². The van der Waals surface area contributed by atoms with Crippen molar-refractivity contribution >= 4 is 34.6 Å². The van der Waals surface area contributed by atoms with E-state index in [-0.39, 0.29) is 11.3 Å². The molecule has 0 radical (unpaired) electrons. The number of aryl methyl sites for hydroxylation is 2. The summed E-state index contributed by atoms with van der Waals surface area (Å²) in [5.74, 6) is -0.519. The number of nitrogens with one attached hydrogen (secondary N) is 1. The third-order valence-electron chi connectivity index (χ3n) is 3.73. The number of rotatable bonds is 2. The van der Waals surface area contributed by atoms with Crippen molar-refractivity contribution in [2.45, 2.75) is 25.3 Å². The first-order valence-corrected chi connectivity index (χ1v) is 7.87. The Labute approximate surface area is 130 Å². The van der Waals surface area contributed by atoms with E-state index < -0.39 is 17.4 Å². The van der Waals surface area contributed by atoms with Crippen LogP contribution in [0.5, 0.6) is 0 Å². The Bertz CT molecular complexity index is 830. The molecule has 1 aromatic heterocycles. The molecule has 0 saturated carbocycles. The topological polar surface area (TPSA) is 106 Å². The molecule has 7 heteroatoms. The largest absolute Gasteiger partial charge is 0.480 e. The van der Waals surface area contributed by atoms with Gasteiger partial charge in [-0.1, -0.05) is 6.07 Å². The van der Waals surface area contributed by atoms with Crippen molar-refractivity contribution in [2.75, 3.05) is 11.5 Å². The molecule has 0 amide bonds. The fourth-order valence-corrected chi connectivity index (χ4v) is 3.98. The van der Waals surface area contributed by atoms with Crippen molar-refractivity contribution in [1.82, 2.24) is 5.32 Å². The SMILES string of the molecule is Cc1cc(C)c2oc(N)c(C3NC(C(=O)O)CS3)c(=O)c2c1. The average Bonchev–Trinajstić information content (AvgIpc) is 2.90. The maximum absolute atomic E-state index is 12.8. The molecular formula is C15H16N2O4S. The number of aliphatic carboxylic acids is 1. The highest BCUT2D eigenvalue weighted by Crippen LogP contribution is 2.35. The van der Waals surface area contributed by atoms with E-state index in [2.05, 4.69) is 5.32 Å². The molecule has 0 bridgehead atoms. The molecule has 1 saturated heterocycles. The number of hydrogen-bond acceptors (Lipinski definition) is 6. The second kappa shape index (κ2) is 5.33. The molecule has 1 aromatic carbocycles. The molecule has 116 valence electrons. The lowest BCUT2D eigenvalue weighted by atomic mass is 10.1. The molecule has 1 fully saturated rings. The Morgan fingerprint density at radius 2 is 2.18 bits per heavy atom. The van der Waals surface area contributed by atoms with E-state index in [0.29, 0.717) is 22.3 Å². The van der Waals surface area contributed by atoms with E-state index in [4.69, 9.17) is 15.3 Å². The maximum atomic E-state index is 12.8. The first-order valence-electron chi connectivity index (χ1n) is 6.82. The van der Waals surface area contributed by atoms with Gasteiger partial charge in [0, 0.05) is 5.75 Å². The zero-order valence-corrected chi connectivity index (χ0v) is 13.0. The number of carboxylic acids is 1. The highest BCUT2D eigenvalue weighted by Gasteiger charge is 2.34. The normalized spacial score (nSPS) is 21.4. The molecule has 2 unspecified atom stereocenters. The number of carboxylic acid groups (broad SMARTS) is 1. The van der Waals surface area contributed by atoms with Gasteiger partial charge in [-0.15, -0.1) is 11.8 Å². The van der Waals surface area contributed by atoms with Gasteiger partial charge in [0.2, 0.25) is 11.3 Å². The molecule has 2 aromatic rings. The van der Waals surface area contributed by atoms with Crippen molar-refractivity contribution in [2.24, 2.45) is 0 Å². The summed E-state index contributed by atoms with van der Waals surface area (Å²) in [6.45, 7) is 3.77. The summed E-state index contributed by atoms with van der Waals surface area (Å²) >= 11 is 1.35. The fraction of sp³-hybridized carbons (Fsp3) is 0.333. The molecule has 4 N–H and O–H groups in total. The number of benzene rings is 1. The quantitative estimate of drug-likeness (QED) is 0.774. The van der Waals surface area contributed by atoms with Crippen LogP contribution in [0.25, 0.3) is 11.0 Å². The van der Waals surface area contributed by atoms with Crippen molar-refractivity contribution < 1.29 is 14.3 Å². The summed E-state index contributed by atoms with van der Waals surface area (Å²) in [6.07, 6.45) is 0. The van der Waals surface area contributed by atoms with Gasteiger partial charge < -0.3 is 15.3 Å². The summed E-state index contributed by atoms with van der Waals surface area (Å²) in [5, 5.41) is 12.0. The molecule has 6 nitrogen and oxygen atoms in total. The van der Waals surface area contributed by atoms with E-state index >= 15 is 0 Å². The minimum Gasteiger partial charge on any atom is -0.480 e. The second-order valence-corrected chi connectivity index (χ2v) is 6.58. The van der Waals surface area contributed by atoms with Crippen molar-refractivity contribution in [1.29, 1.82) is 0 Å². The third kappa shape index (κ3) is 2.36. The second-order valence-electron chi connectivity index (χ2n) is 5.44. The van der Waals surface area contributed by atoms with Gasteiger partial charge in [0.25, 0.3) is 0 Å². The minimum atomic E-state index is -0.939. The van der Waals surface area contributed by atoms with Gasteiger partial charge in [-0.3, -0.25) is 14.9 Å². The van der Waals surface area contributed by atoms with E-state index in [1.165, 1.54) is 11.8 Å². The van der Waals surface area contributed by atoms with Crippen LogP contribution >= 0.6 is 11.8 Å². The fourth-order valence-electron chi connectivity index (χ4n) is 2.71. The monoisotopic (exact) mass is 320 g/mol. The van der Waals surface area contributed by atoms with Crippen LogP contribution in [0.2, 0.25) is 0 Å². The molecule has 0 aliphatic carbocycles. The lowest BCUT2D eigenvalue weighted by molar-refractivity contribution is -0.138. The van der Waals surface area contributed by atoms with Crippen LogP contribution in [0, 0.1) is 13.8 Å². The van der Waals surface area contributed by atoms with Crippen LogP contribution in [0.15, 0.2) is 21.3 Å². The summed E-state index contributed by atoms with van der Waals surface area (Å²) in [4.78, 5) is 23.8. The molecule has 1 aliphatic heterocycles. The molecule has 2 atom stereocenters. The number of thioether (sulfide) groups is 1. The molecule has 22 heavy (non-hydrogen) atoms. The van der Waals surface area contributed by atoms with Crippen LogP contribution in [0.4, 0.5) is 5.88 Å². The van der Waals surface area contributed by atoms with Crippen LogP contribution < -0.4 is 16.5 Å². The van der Waals surface area contributed by atoms with Crippen molar-refractivity contribution in [3.05, 3.63) is 39.0 Å². The lowest BCUT2D eigenvalue weighted by Crippen LogP contribution is -2.35. The van der Waals surface area contributed by atoms with Gasteiger partial charge in [0.15, 0.2) is 0 Å². The Hall–Kier alpha value is -1.99. The van der Waals surface area contributed by atoms with E-state index in [1.54, 1.807) is 6.07 Å².